The summed E-state index contributed by atoms with van der Waals surface area (Å²) in [4.78, 5) is 12.4. The smallest absolute Gasteiger partial charge is 0.195 e. The molecule has 0 saturated carbocycles. The third-order valence-electron chi connectivity index (χ3n) is 2.79. The van der Waals surface area contributed by atoms with Gasteiger partial charge in [-0.3, -0.25) is 4.79 Å². The van der Waals surface area contributed by atoms with Crippen LogP contribution in [0.3, 0.4) is 0 Å². The third-order valence-corrected chi connectivity index (χ3v) is 3.74. The van der Waals surface area contributed by atoms with Crippen molar-refractivity contribution >= 4 is 39.0 Å². The van der Waals surface area contributed by atoms with Gasteiger partial charge >= 0.3 is 0 Å². The lowest BCUT2D eigenvalue weighted by Crippen LogP contribution is -2.06. The Balaban J connectivity index is 2.39. The Hall–Kier alpha value is -1.52. The number of benzene rings is 2. The number of nitrogens with two attached hydrogens (primary N) is 1. The second-order valence-electron chi connectivity index (χ2n) is 4.11. The highest BCUT2D eigenvalue weighted by Gasteiger charge is 2.15. The van der Waals surface area contributed by atoms with Crippen LogP contribution in [-0.4, -0.2) is 12.4 Å². The molecule has 0 bridgehead atoms. The number of nitrogen functional groups attached to an aromatic ring is 1. The maximum Gasteiger partial charge on any atom is 0.195 e. The highest BCUT2D eigenvalue weighted by atomic mass is 79.9. The molecule has 0 heterocycles. The number of hydrogen-bond donors (Lipinski definition) is 1. The summed E-state index contributed by atoms with van der Waals surface area (Å²) in [6, 6.07) is 10.2. The van der Waals surface area contributed by atoms with Crippen LogP contribution in [0.5, 0.6) is 5.75 Å². The maximum atomic E-state index is 12.4. The standard InChI is InChI=1S/C15H13BrClNO2/c1-2-20-13-7-6-9(8-11(13)16)15(19)10-4-3-5-12(17)14(10)18/h3-8H,2,18H2,1H3. The normalized spacial score (nSPS) is 10.3. The molecule has 0 aromatic heterocycles. The molecule has 0 saturated heterocycles. The first-order chi connectivity index (χ1) is 9.54. The van der Waals surface area contributed by atoms with E-state index in [-0.39, 0.29) is 5.78 Å². The van der Waals surface area contributed by atoms with Gasteiger partial charge in [0.1, 0.15) is 5.75 Å². The Morgan fingerprint density at radius 2 is 2.10 bits per heavy atom. The van der Waals surface area contributed by atoms with Gasteiger partial charge in [0.05, 0.1) is 21.8 Å². The van der Waals surface area contributed by atoms with Crippen LogP contribution in [0.25, 0.3) is 0 Å². The predicted molar refractivity (Wildman–Crippen MR) is 84.6 cm³/mol. The molecule has 0 atom stereocenters. The van der Waals surface area contributed by atoms with Gasteiger partial charge in [-0.2, -0.15) is 0 Å². The number of carbonyl (C=O) groups excluding carboxylic acids is 1. The number of halogens is 2. The van der Waals surface area contributed by atoms with Gasteiger partial charge in [0, 0.05) is 11.1 Å². The Labute approximate surface area is 130 Å². The number of rotatable bonds is 4. The van der Waals surface area contributed by atoms with E-state index in [1.54, 1.807) is 36.4 Å². The number of ether oxygens (including phenoxy) is 1. The van der Waals surface area contributed by atoms with E-state index in [1.807, 2.05) is 6.92 Å². The molecule has 2 aromatic carbocycles. The van der Waals surface area contributed by atoms with E-state index in [9.17, 15) is 4.79 Å². The van der Waals surface area contributed by atoms with E-state index in [0.717, 1.165) is 4.47 Å². The molecule has 3 nitrogen and oxygen atoms in total. The van der Waals surface area contributed by atoms with Crippen molar-refractivity contribution in [3.05, 3.63) is 57.0 Å². The van der Waals surface area contributed by atoms with E-state index < -0.39 is 0 Å². The van der Waals surface area contributed by atoms with Gasteiger partial charge in [0.15, 0.2) is 5.78 Å². The summed E-state index contributed by atoms with van der Waals surface area (Å²) < 4.78 is 6.14. The van der Waals surface area contributed by atoms with Crippen molar-refractivity contribution in [1.29, 1.82) is 0 Å². The van der Waals surface area contributed by atoms with E-state index in [0.29, 0.717) is 34.2 Å². The molecule has 0 fully saturated rings. The molecule has 2 rings (SSSR count). The van der Waals surface area contributed by atoms with Crippen molar-refractivity contribution in [3.8, 4) is 5.75 Å². The van der Waals surface area contributed by atoms with Crippen LogP contribution in [0, 0.1) is 0 Å². The molecule has 20 heavy (non-hydrogen) atoms. The van der Waals surface area contributed by atoms with Crippen LogP contribution in [0.4, 0.5) is 5.69 Å². The molecule has 104 valence electrons. The number of hydrogen-bond acceptors (Lipinski definition) is 3. The van der Waals surface area contributed by atoms with Crippen LogP contribution >= 0.6 is 27.5 Å². The number of ketones is 1. The third kappa shape index (κ3) is 2.97. The molecule has 0 spiro atoms. The summed E-state index contributed by atoms with van der Waals surface area (Å²) in [5, 5.41) is 0.376. The quantitative estimate of drug-likeness (QED) is 0.657. The molecular formula is C15H13BrClNO2. The van der Waals surface area contributed by atoms with Gasteiger partial charge in [-0.1, -0.05) is 17.7 Å². The summed E-state index contributed by atoms with van der Waals surface area (Å²) in [5.74, 6) is 0.525. The molecule has 0 radical (unpaired) electrons. The summed E-state index contributed by atoms with van der Waals surface area (Å²) in [6.45, 7) is 2.46. The predicted octanol–water partition coefficient (Wildman–Crippen LogP) is 4.31. The minimum atomic E-state index is -0.172. The second kappa shape index (κ2) is 6.29. The zero-order chi connectivity index (χ0) is 14.7. The molecular weight excluding hydrogens is 342 g/mol. The molecule has 5 heteroatoms. The summed E-state index contributed by atoms with van der Waals surface area (Å²) in [5.41, 5.74) is 7.06. The van der Waals surface area contributed by atoms with Crippen LogP contribution in [0.2, 0.25) is 5.02 Å². The molecule has 0 unspecified atom stereocenters. The molecule has 0 aliphatic heterocycles. The van der Waals surface area contributed by atoms with E-state index in [4.69, 9.17) is 22.1 Å². The first-order valence-corrected chi connectivity index (χ1v) is 7.22. The molecule has 0 amide bonds. The van der Waals surface area contributed by atoms with Crippen molar-refractivity contribution in [2.45, 2.75) is 6.92 Å². The fourth-order valence-electron chi connectivity index (χ4n) is 1.81. The Kier molecular flexibility index (Phi) is 4.68. The van der Waals surface area contributed by atoms with Crippen molar-refractivity contribution < 1.29 is 9.53 Å². The summed E-state index contributed by atoms with van der Waals surface area (Å²) in [7, 11) is 0. The SMILES string of the molecule is CCOc1ccc(C(=O)c2cccc(Cl)c2N)cc1Br. The van der Waals surface area contributed by atoms with Crippen LogP contribution in [-0.2, 0) is 0 Å². The average Bonchev–Trinajstić information content (AvgIpc) is 2.43. The van der Waals surface area contributed by atoms with Gasteiger partial charge in [-0.05, 0) is 53.2 Å². The zero-order valence-electron chi connectivity index (χ0n) is 10.8. The van der Waals surface area contributed by atoms with Gasteiger partial charge in [-0.15, -0.1) is 0 Å². The monoisotopic (exact) mass is 353 g/mol. The summed E-state index contributed by atoms with van der Waals surface area (Å²) in [6.07, 6.45) is 0. The number of carbonyl (C=O) groups is 1. The van der Waals surface area contributed by atoms with E-state index >= 15 is 0 Å². The molecule has 0 aliphatic rings. The topological polar surface area (TPSA) is 52.3 Å². The van der Waals surface area contributed by atoms with Gasteiger partial charge in [0.2, 0.25) is 0 Å². The van der Waals surface area contributed by atoms with Crippen LogP contribution < -0.4 is 10.5 Å². The van der Waals surface area contributed by atoms with Gasteiger partial charge in [0.25, 0.3) is 0 Å². The van der Waals surface area contributed by atoms with Crippen molar-refractivity contribution in [3.63, 3.8) is 0 Å². The zero-order valence-corrected chi connectivity index (χ0v) is 13.2. The number of para-hydroxylation sites is 1. The Morgan fingerprint density at radius 1 is 1.35 bits per heavy atom. The van der Waals surface area contributed by atoms with Gasteiger partial charge < -0.3 is 10.5 Å². The summed E-state index contributed by atoms with van der Waals surface area (Å²) >= 11 is 9.32. The minimum Gasteiger partial charge on any atom is -0.493 e. The first-order valence-electron chi connectivity index (χ1n) is 6.05. The maximum absolute atomic E-state index is 12.4. The van der Waals surface area contributed by atoms with Crippen molar-refractivity contribution in [2.75, 3.05) is 12.3 Å². The van der Waals surface area contributed by atoms with Crippen molar-refractivity contribution in [2.24, 2.45) is 0 Å². The Bertz CT molecular complexity index is 658. The fourth-order valence-corrected chi connectivity index (χ4v) is 2.47. The molecule has 2 aromatic rings. The largest absolute Gasteiger partial charge is 0.493 e. The molecule has 2 N–H and O–H groups in total. The highest BCUT2D eigenvalue weighted by Crippen LogP contribution is 2.29. The lowest BCUT2D eigenvalue weighted by molar-refractivity contribution is 0.103. The fraction of sp³-hybridized carbons (Fsp3) is 0.133. The van der Waals surface area contributed by atoms with E-state index in [2.05, 4.69) is 15.9 Å². The van der Waals surface area contributed by atoms with E-state index in [1.165, 1.54) is 0 Å². The highest BCUT2D eigenvalue weighted by molar-refractivity contribution is 9.10. The lowest BCUT2D eigenvalue weighted by Gasteiger charge is -2.09. The lowest BCUT2D eigenvalue weighted by atomic mass is 10.0. The van der Waals surface area contributed by atoms with Crippen LogP contribution in [0.1, 0.15) is 22.8 Å². The number of anilines is 1. The minimum absolute atomic E-state index is 0.172. The Morgan fingerprint density at radius 3 is 2.75 bits per heavy atom. The van der Waals surface area contributed by atoms with Crippen molar-refractivity contribution in [1.82, 2.24) is 0 Å². The second-order valence-corrected chi connectivity index (χ2v) is 5.37. The first kappa shape index (κ1) is 14.9. The van der Waals surface area contributed by atoms with Crippen LogP contribution in [0.15, 0.2) is 40.9 Å². The van der Waals surface area contributed by atoms with Gasteiger partial charge in [-0.25, -0.2) is 0 Å². The molecule has 0 aliphatic carbocycles. The average molecular weight is 355 g/mol.